The molecule has 0 amide bonds. The molecule has 1 aliphatic carbocycles. The highest BCUT2D eigenvalue weighted by atomic mass is 16.5. The van der Waals surface area contributed by atoms with Gasteiger partial charge in [-0.25, -0.2) is 9.59 Å². The first kappa shape index (κ1) is 20.7. The Kier molecular flexibility index (Phi) is 9.09. The monoisotopic (exact) mass is 338 g/mol. The summed E-state index contributed by atoms with van der Waals surface area (Å²) in [6.07, 6.45) is 5.80. The van der Waals surface area contributed by atoms with Crippen LogP contribution in [0.3, 0.4) is 0 Å². The third-order valence-corrected chi connectivity index (χ3v) is 4.25. The van der Waals surface area contributed by atoms with E-state index >= 15 is 0 Å². The van der Waals surface area contributed by atoms with Crippen LogP contribution in [0.25, 0.3) is 0 Å². The van der Waals surface area contributed by atoms with Crippen molar-refractivity contribution in [2.75, 3.05) is 13.2 Å². The van der Waals surface area contributed by atoms with Gasteiger partial charge in [0.15, 0.2) is 0 Å². The van der Waals surface area contributed by atoms with Gasteiger partial charge in [-0.2, -0.15) is 0 Å². The first-order valence-corrected chi connectivity index (χ1v) is 9.44. The zero-order valence-electron chi connectivity index (χ0n) is 16.0. The van der Waals surface area contributed by atoms with Crippen molar-refractivity contribution in [3.05, 3.63) is 11.1 Å². The molecule has 0 aliphatic heterocycles. The highest BCUT2D eigenvalue weighted by molar-refractivity contribution is 6.00. The molecule has 1 aliphatic rings. The number of ether oxygens (including phenoxy) is 2. The molecule has 0 atom stereocenters. The molecule has 24 heavy (non-hydrogen) atoms. The maximum absolute atomic E-state index is 12.7. The third-order valence-electron chi connectivity index (χ3n) is 4.25. The lowest BCUT2D eigenvalue weighted by atomic mass is 9.81. The second kappa shape index (κ2) is 10.5. The van der Waals surface area contributed by atoms with Crippen molar-refractivity contribution in [2.24, 2.45) is 17.8 Å². The van der Waals surface area contributed by atoms with E-state index in [1.807, 2.05) is 34.6 Å². The van der Waals surface area contributed by atoms with Crippen molar-refractivity contribution in [3.63, 3.8) is 0 Å². The lowest BCUT2D eigenvalue weighted by Gasteiger charge is -2.25. The van der Waals surface area contributed by atoms with E-state index in [0.717, 1.165) is 25.7 Å². The molecule has 1 saturated carbocycles. The van der Waals surface area contributed by atoms with E-state index in [9.17, 15) is 9.59 Å². The Balaban J connectivity index is 3.04. The third kappa shape index (κ3) is 6.66. The van der Waals surface area contributed by atoms with Crippen LogP contribution >= 0.6 is 0 Å². The van der Waals surface area contributed by atoms with Crippen LogP contribution in [-0.2, 0) is 19.1 Å². The molecule has 0 saturated heterocycles. The van der Waals surface area contributed by atoms with Gasteiger partial charge in [0.25, 0.3) is 0 Å². The van der Waals surface area contributed by atoms with Crippen LogP contribution in [0.2, 0.25) is 0 Å². The largest absolute Gasteiger partial charge is 0.462 e. The first-order valence-electron chi connectivity index (χ1n) is 9.44. The molecule has 4 nitrogen and oxygen atoms in total. The minimum absolute atomic E-state index is 0.125. The fraction of sp³-hybridized carbons (Fsp3) is 0.800. The van der Waals surface area contributed by atoms with Crippen LogP contribution < -0.4 is 0 Å². The van der Waals surface area contributed by atoms with Crippen LogP contribution in [0.4, 0.5) is 0 Å². The molecule has 138 valence electrons. The number of esters is 2. The molecule has 0 bridgehead atoms. The normalized spacial score (nSPS) is 17.0. The molecule has 0 radical (unpaired) electrons. The summed E-state index contributed by atoms with van der Waals surface area (Å²) in [7, 11) is 0. The maximum Gasteiger partial charge on any atom is 0.334 e. The zero-order valence-corrected chi connectivity index (χ0v) is 16.0. The SMILES string of the molecule is CCC(C(=O)OCC(C)C)=C(C(=O)OCC(C)C)C1CCCCC1. The van der Waals surface area contributed by atoms with E-state index in [1.54, 1.807) is 0 Å². The molecular formula is C20H34O4. The van der Waals surface area contributed by atoms with E-state index < -0.39 is 0 Å². The average molecular weight is 338 g/mol. The summed E-state index contributed by atoms with van der Waals surface area (Å²) < 4.78 is 10.9. The summed E-state index contributed by atoms with van der Waals surface area (Å²) in [5.41, 5.74) is 1.09. The van der Waals surface area contributed by atoms with Crippen LogP contribution in [-0.4, -0.2) is 25.2 Å². The summed E-state index contributed by atoms with van der Waals surface area (Å²) in [5.74, 6) is -0.000200. The molecule has 0 aromatic heterocycles. The van der Waals surface area contributed by atoms with E-state index in [0.29, 0.717) is 30.8 Å². The predicted molar refractivity (Wildman–Crippen MR) is 95.5 cm³/mol. The van der Waals surface area contributed by atoms with Gasteiger partial charge in [-0.3, -0.25) is 0 Å². The maximum atomic E-state index is 12.7. The average Bonchev–Trinajstić information content (AvgIpc) is 2.55. The van der Waals surface area contributed by atoms with Gasteiger partial charge in [-0.05, 0) is 37.0 Å². The van der Waals surface area contributed by atoms with Gasteiger partial charge >= 0.3 is 11.9 Å². The summed E-state index contributed by atoms with van der Waals surface area (Å²) >= 11 is 0. The lowest BCUT2D eigenvalue weighted by Crippen LogP contribution is -2.25. The van der Waals surface area contributed by atoms with Gasteiger partial charge in [0.05, 0.1) is 18.8 Å². The molecule has 0 aromatic carbocycles. The van der Waals surface area contributed by atoms with Crippen molar-refractivity contribution in [1.29, 1.82) is 0 Å². The second-order valence-electron chi connectivity index (χ2n) is 7.57. The molecule has 0 N–H and O–H groups in total. The summed E-state index contributed by atoms with van der Waals surface area (Å²) in [4.78, 5) is 25.2. The van der Waals surface area contributed by atoms with Crippen LogP contribution in [0, 0.1) is 17.8 Å². The zero-order chi connectivity index (χ0) is 18.1. The number of rotatable bonds is 8. The highest BCUT2D eigenvalue weighted by Gasteiger charge is 2.30. The standard InChI is InChI=1S/C20H34O4/c1-6-17(19(21)23-12-14(2)3)18(16-10-8-7-9-11-16)20(22)24-13-15(4)5/h14-16H,6-13H2,1-5H3. The van der Waals surface area contributed by atoms with Crippen molar-refractivity contribution < 1.29 is 19.1 Å². The second-order valence-corrected chi connectivity index (χ2v) is 7.57. The molecule has 0 heterocycles. The Morgan fingerprint density at radius 2 is 1.38 bits per heavy atom. The fourth-order valence-electron chi connectivity index (χ4n) is 3.02. The highest BCUT2D eigenvalue weighted by Crippen LogP contribution is 2.33. The summed E-state index contributed by atoms with van der Waals surface area (Å²) in [6, 6.07) is 0. The van der Waals surface area contributed by atoms with E-state index in [-0.39, 0.29) is 29.7 Å². The molecular weight excluding hydrogens is 304 g/mol. The Bertz CT molecular complexity index is 443. The van der Waals surface area contributed by atoms with Gasteiger partial charge in [-0.15, -0.1) is 0 Å². The number of carbonyl (C=O) groups is 2. The Labute approximate surface area is 147 Å². The molecule has 1 fully saturated rings. The van der Waals surface area contributed by atoms with Gasteiger partial charge in [-0.1, -0.05) is 53.9 Å². The van der Waals surface area contributed by atoms with E-state index in [1.165, 1.54) is 6.42 Å². The van der Waals surface area contributed by atoms with Crippen molar-refractivity contribution >= 4 is 11.9 Å². The van der Waals surface area contributed by atoms with Crippen molar-refractivity contribution in [2.45, 2.75) is 73.1 Å². The predicted octanol–water partition coefficient (Wildman–Crippen LogP) is 4.67. The Hall–Kier alpha value is -1.32. The van der Waals surface area contributed by atoms with Crippen LogP contribution in [0.15, 0.2) is 11.1 Å². The smallest absolute Gasteiger partial charge is 0.334 e. The Morgan fingerprint density at radius 1 is 0.875 bits per heavy atom. The van der Waals surface area contributed by atoms with Crippen LogP contribution in [0.5, 0.6) is 0 Å². The van der Waals surface area contributed by atoms with Gasteiger partial charge < -0.3 is 9.47 Å². The fourth-order valence-corrected chi connectivity index (χ4v) is 3.02. The van der Waals surface area contributed by atoms with E-state index in [2.05, 4.69) is 0 Å². The minimum atomic E-state index is -0.353. The molecule has 0 unspecified atom stereocenters. The lowest BCUT2D eigenvalue weighted by molar-refractivity contribution is -0.144. The minimum Gasteiger partial charge on any atom is -0.462 e. The van der Waals surface area contributed by atoms with Gasteiger partial charge in [0, 0.05) is 5.57 Å². The van der Waals surface area contributed by atoms with Crippen molar-refractivity contribution in [1.82, 2.24) is 0 Å². The summed E-state index contributed by atoms with van der Waals surface area (Å²) in [6.45, 7) is 10.7. The van der Waals surface area contributed by atoms with Gasteiger partial charge in [0.1, 0.15) is 0 Å². The topological polar surface area (TPSA) is 52.6 Å². The van der Waals surface area contributed by atoms with Gasteiger partial charge in [0.2, 0.25) is 0 Å². The quantitative estimate of drug-likeness (QED) is 0.476. The van der Waals surface area contributed by atoms with E-state index in [4.69, 9.17) is 9.47 Å². The molecule has 0 aromatic rings. The number of hydrogen-bond acceptors (Lipinski definition) is 4. The molecule has 1 rings (SSSR count). The molecule has 4 heteroatoms. The number of hydrogen-bond donors (Lipinski definition) is 0. The number of carbonyl (C=O) groups excluding carboxylic acids is 2. The summed E-state index contributed by atoms with van der Waals surface area (Å²) in [5, 5.41) is 0. The first-order chi connectivity index (χ1) is 11.4. The van der Waals surface area contributed by atoms with Crippen LogP contribution in [0.1, 0.15) is 73.1 Å². The van der Waals surface area contributed by atoms with Crippen molar-refractivity contribution in [3.8, 4) is 0 Å². The molecule has 0 spiro atoms. The Morgan fingerprint density at radius 3 is 1.83 bits per heavy atom.